The third-order valence-electron chi connectivity index (χ3n) is 1.96. The molecule has 1 aromatic heterocycles. The molecule has 0 radical (unpaired) electrons. The molecule has 1 aromatic rings. The molecule has 0 bridgehead atoms. The highest BCUT2D eigenvalue weighted by molar-refractivity contribution is 6.29. The van der Waals surface area contributed by atoms with Gasteiger partial charge in [0, 0.05) is 18.7 Å². The van der Waals surface area contributed by atoms with Crippen molar-refractivity contribution in [1.82, 2.24) is 15.3 Å². The Balaban J connectivity index is 2.60. The van der Waals surface area contributed by atoms with E-state index in [1.54, 1.807) is 13.2 Å². The molecule has 0 saturated heterocycles. The van der Waals surface area contributed by atoms with E-state index in [1.807, 2.05) is 20.8 Å². The molecule has 0 aliphatic carbocycles. The van der Waals surface area contributed by atoms with Gasteiger partial charge in [0.05, 0.1) is 6.54 Å². The second-order valence-corrected chi connectivity index (χ2v) is 5.46. The summed E-state index contributed by atoms with van der Waals surface area (Å²) in [5.41, 5.74) is -0.261. The van der Waals surface area contributed by atoms with E-state index < -0.39 is 0 Å². The van der Waals surface area contributed by atoms with Crippen molar-refractivity contribution in [1.29, 1.82) is 0 Å². The topological polar surface area (TPSA) is 76.1 Å². The van der Waals surface area contributed by atoms with Gasteiger partial charge in [-0.3, -0.25) is 4.79 Å². The second kappa shape index (κ2) is 6.68. The van der Waals surface area contributed by atoms with Crippen molar-refractivity contribution in [3.63, 3.8) is 0 Å². The molecule has 0 fully saturated rings. The molecule has 0 atom stereocenters. The molecular weight excluding hydrogens is 268 g/mol. The Morgan fingerprint density at radius 1 is 1.42 bits per heavy atom. The fourth-order valence-corrected chi connectivity index (χ4v) is 1.58. The molecular formula is C12H19ClN4O2. The van der Waals surface area contributed by atoms with E-state index in [-0.39, 0.29) is 24.6 Å². The molecule has 0 saturated carbocycles. The molecule has 0 aliphatic heterocycles. The molecule has 0 aromatic carbocycles. The first kappa shape index (κ1) is 15.7. The number of carbonyl (C=O) groups excluding carboxylic acids is 1. The Bertz CT molecular complexity index is 446. The van der Waals surface area contributed by atoms with E-state index in [9.17, 15) is 4.79 Å². The average molecular weight is 287 g/mol. The highest BCUT2D eigenvalue weighted by Crippen LogP contribution is 2.11. The molecule has 19 heavy (non-hydrogen) atoms. The standard InChI is InChI=1S/C12H19ClN4O2/c1-12(2,3)17-11(18)6-14-9-5-8(13)15-10(16-9)7-19-4/h5H,6-7H2,1-4H3,(H,17,18)(H,14,15,16). The van der Waals surface area contributed by atoms with E-state index in [2.05, 4.69) is 20.6 Å². The number of ether oxygens (including phenoxy) is 1. The molecule has 0 unspecified atom stereocenters. The first-order valence-electron chi connectivity index (χ1n) is 5.87. The number of anilines is 1. The Labute approximate surface area is 117 Å². The lowest BCUT2D eigenvalue weighted by Gasteiger charge is -2.20. The fourth-order valence-electron chi connectivity index (χ4n) is 1.38. The van der Waals surface area contributed by atoms with Gasteiger partial charge in [0.25, 0.3) is 0 Å². The van der Waals surface area contributed by atoms with Crippen molar-refractivity contribution in [2.45, 2.75) is 32.9 Å². The third-order valence-corrected chi connectivity index (χ3v) is 2.15. The Hall–Kier alpha value is -1.40. The molecule has 0 spiro atoms. The first-order valence-corrected chi connectivity index (χ1v) is 6.25. The Kier molecular flexibility index (Phi) is 5.50. The van der Waals surface area contributed by atoms with E-state index in [0.717, 1.165) is 0 Å². The lowest BCUT2D eigenvalue weighted by molar-refractivity contribution is -0.120. The Morgan fingerprint density at radius 2 is 2.11 bits per heavy atom. The highest BCUT2D eigenvalue weighted by atomic mass is 35.5. The smallest absolute Gasteiger partial charge is 0.239 e. The summed E-state index contributed by atoms with van der Waals surface area (Å²) in [7, 11) is 1.55. The predicted molar refractivity (Wildman–Crippen MR) is 74.1 cm³/mol. The second-order valence-electron chi connectivity index (χ2n) is 5.08. The van der Waals surface area contributed by atoms with Crippen molar-refractivity contribution in [2.75, 3.05) is 19.0 Å². The highest BCUT2D eigenvalue weighted by Gasteiger charge is 2.13. The summed E-state index contributed by atoms with van der Waals surface area (Å²) >= 11 is 5.86. The summed E-state index contributed by atoms with van der Waals surface area (Å²) in [5.74, 6) is 0.848. The maximum absolute atomic E-state index is 11.7. The van der Waals surface area contributed by atoms with Crippen LogP contribution in [0.15, 0.2) is 6.07 Å². The molecule has 106 valence electrons. The predicted octanol–water partition coefficient (Wildman–Crippen LogP) is 1.60. The summed E-state index contributed by atoms with van der Waals surface area (Å²) < 4.78 is 4.94. The summed E-state index contributed by atoms with van der Waals surface area (Å²) in [5, 5.41) is 6.05. The van der Waals surface area contributed by atoms with Gasteiger partial charge >= 0.3 is 0 Å². The zero-order valence-corrected chi connectivity index (χ0v) is 12.3. The number of carbonyl (C=O) groups is 1. The van der Waals surface area contributed by atoms with Crippen LogP contribution >= 0.6 is 11.6 Å². The largest absolute Gasteiger partial charge is 0.377 e. The average Bonchev–Trinajstić information content (AvgIpc) is 2.24. The van der Waals surface area contributed by atoms with Gasteiger partial charge in [0.1, 0.15) is 17.6 Å². The van der Waals surface area contributed by atoms with E-state index >= 15 is 0 Å². The van der Waals surface area contributed by atoms with Crippen molar-refractivity contribution in [3.05, 3.63) is 17.0 Å². The van der Waals surface area contributed by atoms with Gasteiger partial charge in [-0.25, -0.2) is 9.97 Å². The van der Waals surface area contributed by atoms with E-state index in [0.29, 0.717) is 16.8 Å². The number of methoxy groups -OCH3 is 1. The zero-order valence-electron chi connectivity index (χ0n) is 11.6. The van der Waals surface area contributed by atoms with Crippen molar-refractivity contribution < 1.29 is 9.53 Å². The van der Waals surface area contributed by atoms with Crippen LogP contribution in [0.4, 0.5) is 5.82 Å². The lowest BCUT2D eigenvalue weighted by atomic mass is 10.1. The number of aromatic nitrogens is 2. The molecule has 1 rings (SSSR count). The zero-order chi connectivity index (χ0) is 14.5. The minimum Gasteiger partial charge on any atom is -0.377 e. The van der Waals surface area contributed by atoms with Crippen LogP contribution in [0.5, 0.6) is 0 Å². The van der Waals surface area contributed by atoms with Crippen LogP contribution in [0, 0.1) is 0 Å². The minimum absolute atomic E-state index is 0.115. The van der Waals surface area contributed by atoms with Crippen LogP contribution in [-0.2, 0) is 16.1 Å². The van der Waals surface area contributed by atoms with Gasteiger partial charge in [-0.15, -0.1) is 0 Å². The molecule has 2 N–H and O–H groups in total. The van der Waals surface area contributed by atoms with Gasteiger partial charge in [-0.05, 0) is 20.8 Å². The van der Waals surface area contributed by atoms with Crippen LogP contribution in [0.3, 0.4) is 0 Å². The number of amides is 1. The first-order chi connectivity index (χ1) is 8.80. The summed E-state index contributed by atoms with van der Waals surface area (Å²) in [4.78, 5) is 19.8. The number of hydrogen-bond donors (Lipinski definition) is 2. The van der Waals surface area contributed by atoms with Gasteiger partial charge in [-0.2, -0.15) is 0 Å². The van der Waals surface area contributed by atoms with Crippen molar-refractivity contribution >= 4 is 23.3 Å². The molecule has 1 amide bonds. The lowest BCUT2D eigenvalue weighted by Crippen LogP contribution is -2.43. The van der Waals surface area contributed by atoms with Gasteiger partial charge in [-0.1, -0.05) is 11.6 Å². The van der Waals surface area contributed by atoms with Crippen LogP contribution in [-0.4, -0.2) is 35.1 Å². The number of rotatable bonds is 5. The SMILES string of the molecule is COCc1nc(Cl)cc(NCC(=O)NC(C)(C)C)n1. The monoisotopic (exact) mass is 286 g/mol. The molecule has 7 heteroatoms. The summed E-state index contributed by atoms with van der Waals surface area (Å²) in [6.07, 6.45) is 0. The molecule has 0 aliphatic rings. The number of halogens is 1. The summed E-state index contributed by atoms with van der Waals surface area (Å²) in [6.45, 7) is 6.15. The van der Waals surface area contributed by atoms with Gasteiger partial charge in [0.2, 0.25) is 5.91 Å². The summed E-state index contributed by atoms with van der Waals surface area (Å²) in [6, 6.07) is 1.56. The van der Waals surface area contributed by atoms with E-state index in [4.69, 9.17) is 16.3 Å². The van der Waals surface area contributed by atoms with Crippen LogP contribution < -0.4 is 10.6 Å². The number of nitrogens with one attached hydrogen (secondary N) is 2. The third kappa shape index (κ3) is 6.35. The fraction of sp³-hybridized carbons (Fsp3) is 0.583. The maximum Gasteiger partial charge on any atom is 0.239 e. The van der Waals surface area contributed by atoms with Gasteiger partial charge < -0.3 is 15.4 Å². The maximum atomic E-state index is 11.7. The van der Waals surface area contributed by atoms with Crippen molar-refractivity contribution in [3.8, 4) is 0 Å². The quantitative estimate of drug-likeness (QED) is 0.804. The molecule has 1 heterocycles. The normalized spacial score (nSPS) is 11.2. The number of hydrogen-bond acceptors (Lipinski definition) is 5. The van der Waals surface area contributed by atoms with Crippen LogP contribution in [0.2, 0.25) is 5.15 Å². The van der Waals surface area contributed by atoms with Crippen LogP contribution in [0.1, 0.15) is 26.6 Å². The van der Waals surface area contributed by atoms with Gasteiger partial charge in [0.15, 0.2) is 5.82 Å². The van der Waals surface area contributed by atoms with Crippen molar-refractivity contribution in [2.24, 2.45) is 0 Å². The number of nitrogens with zero attached hydrogens (tertiary/aromatic N) is 2. The van der Waals surface area contributed by atoms with Crippen LogP contribution in [0.25, 0.3) is 0 Å². The molecule has 6 nitrogen and oxygen atoms in total. The van der Waals surface area contributed by atoms with E-state index in [1.165, 1.54) is 0 Å². The minimum atomic E-state index is -0.261. The Morgan fingerprint density at radius 3 is 2.68 bits per heavy atom.